The zero-order valence-corrected chi connectivity index (χ0v) is 16.3. The number of aromatic nitrogens is 1. The van der Waals surface area contributed by atoms with Crippen LogP contribution in [0.2, 0.25) is 0 Å². The first-order valence-corrected chi connectivity index (χ1v) is 10.3. The maximum atomic E-state index is 12.7. The Bertz CT molecular complexity index is 1030. The molecule has 2 unspecified atom stereocenters. The molecule has 146 valence electrons. The third-order valence-electron chi connectivity index (χ3n) is 5.23. The van der Waals surface area contributed by atoms with E-state index < -0.39 is 27.7 Å². The van der Waals surface area contributed by atoms with E-state index in [1.807, 2.05) is 0 Å². The van der Waals surface area contributed by atoms with Crippen LogP contribution < -0.4 is 5.56 Å². The van der Waals surface area contributed by atoms with Gasteiger partial charge in [0.05, 0.1) is 9.95 Å². The number of nitrogens with zero attached hydrogens (tertiary/aromatic N) is 2. The molecule has 4 rings (SSSR count). The van der Waals surface area contributed by atoms with E-state index in [9.17, 15) is 24.8 Å². The minimum atomic E-state index is -1.12. The zero-order valence-electron chi connectivity index (χ0n) is 14.7. The summed E-state index contributed by atoms with van der Waals surface area (Å²) in [5.41, 5.74) is 1.69. The van der Waals surface area contributed by atoms with Crippen molar-refractivity contribution < 1.29 is 14.8 Å². The van der Waals surface area contributed by atoms with Crippen LogP contribution in [0.1, 0.15) is 53.2 Å². The van der Waals surface area contributed by atoms with Crippen LogP contribution in [0, 0.1) is 10.1 Å². The van der Waals surface area contributed by atoms with Crippen molar-refractivity contribution in [1.29, 1.82) is 0 Å². The summed E-state index contributed by atoms with van der Waals surface area (Å²) in [6, 6.07) is 6.73. The lowest BCUT2D eigenvalue weighted by Gasteiger charge is -2.32. The number of carboxylic acids is 1. The predicted octanol–water partition coefficient (Wildman–Crippen LogP) is 4.24. The summed E-state index contributed by atoms with van der Waals surface area (Å²) in [6.07, 6.45) is 2.02. The van der Waals surface area contributed by atoms with Gasteiger partial charge in [0, 0.05) is 28.8 Å². The molecule has 0 spiro atoms. The fraction of sp³-hybridized carbons (Fsp3) is 0.368. The van der Waals surface area contributed by atoms with Gasteiger partial charge < -0.3 is 5.11 Å². The van der Waals surface area contributed by atoms with Gasteiger partial charge >= 0.3 is 5.97 Å². The molecule has 2 heterocycles. The van der Waals surface area contributed by atoms with Crippen molar-refractivity contribution in [1.82, 2.24) is 4.57 Å². The molecule has 7 nitrogen and oxygen atoms in total. The van der Waals surface area contributed by atoms with Gasteiger partial charge in [0.2, 0.25) is 0 Å². The molecule has 28 heavy (non-hydrogen) atoms. The van der Waals surface area contributed by atoms with E-state index in [2.05, 4.69) is 0 Å². The monoisotopic (exact) mass is 420 g/mol. The fourth-order valence-corrected chi connectivity index (χ4v) is 5.67. The van der Waals surface area contributed by atoms with E-state index in [1.54, 1.807) is 18.2 Å². The second kappa shape index (κ2) is 7.25. The number of thioether (sulfide) groups is 1. The smallest absolute Gasteiger partial charge is 0.326 e. The highest BCUT2D eigenvalue weighted by Crippen LogP contribution is 2.53. The van der Waals surface area contributed by atoms with E-state index in [-0.39, 0.29) is 23.9 Å². The summed E-state index contributed by atoms with van der Waals surface area (Å²) < 4.78 is 1.34. The van der Waals surface area contributed by atoms with Gasteiger partial charge in [-0.25, -0.2) is 4.79 Å². The first kappa shape index (κ1) is 19.0. The predicted molar refractivity (Wildman–Crippen MR) is 105 cm³/mol. The number of nitro groups is 1. The highest BCUT2D eigenvalue weighted by atomic mass is 35.5. The van der Waals surface area contributed by atoms with Gasteiger partial charge in [0.25, 0.3) is 11.2 Å². The molecular formula is C19H17ClN2O5S. The highest BCUT2D eigenvalue weighted by molar-refractivity contribution is 7.99. The van der Waals surface area contributed by atoms with Crippen LogP contribution >= 0.6 is 23.4 Å². The number of alkyl halides is 1. The summed E-state index contributed by atoms with van der Waals surface area (Å²) in [5.74, 6) is -0.696. The van der Waals surface area contributed by atoms with Crippen LogP contribution in [0.25, 0.3) is 0 Å². The minimum Gasteiger partial charge on any atom is -0.480 e. The standard InChI is InChI=1S/C19H17ClN2O5S/c20-9-11-7-16(23)21-14(19(24)25)8-15(28-18(21)17(11)10-5-6-10)12-3-1-2-4-13(12)22(26)27/h1-4,7,10,14-15H,5-6,8-9H2,(H,24,25). The summed E-state index contributed by atoms with van der Waals surface area (Å²) in [5, 5.41) is 21.4. The Kier molecular flexibility index (Phi) is 4.93. The third kappa shape index (κ3) is 3.20. The molecule has 0 amide bonds. The van der Waals surface area contributed by atoms with Crippen molar-refractivity contribution >= 4 is 35.0 Å². The number of fused-ring (bicyclic) bond motifs is 1. The third-order valence-corrected chi connectivity index (χ3v) is 6.89. The molecule has 0 saturated heterocycles. The zero-order chi connectivity index (χ0) is 20.0. The summed E-state index contributed by atoms with van der Waals surface area (Å²) >= 11 is 7.41. The second-order valence-electron chi connectivity index (χ2n) is 7.02. The number of nitro benzene ring substituents is 1. The number of hydrogen-bond donors (Lipinski definition) is 1. The summed E-state index contributed by atoms with van der Waals surface area (Å²) in [7, 11) is 0. The summed E-state index contributed by atoms with van der Waals surface area (Å²) in [4.78, 5) is 35.7. The Labute approximate surface area is 169 Å². The number of para-hydroxylation sites is 1. The van der Waals surface area contributed by atoms with Crippen molar-refractivity contribution in [2.45, 2.75) is 47.4 Å². The molecule has 2 atom stereocenters. The highest BCUT2D eigenvalue weighted by Gasteiger charge is 2.40. The molecule has 2 aromatic rings. The van der Waals surface area contributed by atoms with Crippen LogP contribution in [0.3, 0.4) is 0 Å². The number of rotatable bonds is 5. The molecule has 1 aliphatic heterocycles. The van der Waals surface area contributed by atoms with Gasteiger partial charge in [0.15, 0.2) is 0 Å². The molecule has 2 aliphatic rings. The molecule has 0 bridgehead atoms. The van der Waals surface area contributed by atoms with Gasteiger partial charge in [-0.05, 0) is 36.3 Å². The molecule has 1 fully saturated rings. The van der Waals surface area contributed by atoms with Gasteiger partial charge in [-0.3, -0.25) is 19.5 Å². The van der Waals surface area contributed by atoms with Crippen molar-refractivity contribution in [3.63, 3.8) is 0 Å². The molecule has 1 aromatic carbocycles. The largest absolute Gasteiger partial charge is 0.480 e. The number of benzene rings is 1. The van der Waals surface area contributed by atoms with Crippen molar-refractivity contribution in [2.24, 2.45) is 0 Å². The van der Waals surface area contributed by atoms with E-state index in [1.165, 1.54) is 28.5 Å². The summed E-state index contributed by atoms with van der Waals surface area (Å²) in [6.45, 7) is 0. The Hall–Kier alpha value is -2.32. The average molecular weight is 421 g/mol. The van der Waals surface area contributed by atoms with Gasteiger partial charge in [0.1, 0.15) is 6.04 Å². The first-order chi connectivity index (χ1) is 13.4. The lowest BCUT2D eigenvalue weighted by atomic mass is 10.0. The topological polar surface area (TPSA) is 102 Å². The maximum absolute atomic E-state index is 12.7. The molecule has 1 saturated carbocycles. The molecule has 1 N–H and O–H groups in total. The SMILES string of the molecule is O=C(O)C1CC(c2ccccc2[N+](=O)[O-])Sc2c(C3CC3)c(CCl)cc(=O)n21. The van der Waals surface area contributed by atoms with Crippen LogP contribution in [0.4, 0.5) is 5.69 Å². The first-order valence-electron chi connectivity index (χ1n) is 8.89. The van der Waals surface area contributed by atoms with E-state index in [4.69, 9.17) is 11.6 Å². The number of aliphatic carboxylic acids is 1. The Balaban J connectivity index is 1.91. The molecule has 9 heteroatoms. The molecule has 1 aromatic heterocycles. The van der Waals surface area contributed by atoms with Gasteiger partial charge in [-0.1, -0.05) is 30.0 Å². The Morgan fingerprint density at radius 3 is 2.68 bits per heavy atom. The Morgan fingerprint density at radius 2 is 2.07 bits per heavy atom. The van der Waals surface area contributed by atoms with Gasteiger partial charge in [-0.15, -0.1) is 11.6 Å². The lowest BCUT2D eigenvalue weighted by Crippen LogP contribution is -2.35. The van der Waals surface area contributed by atoms with Crippen molar-refractivity contribution in [3.05, 3.63) is 67.5 Å². The number of pyridine rings is 1. The molecular weight excluding hydrogens is 404 g/mol. The minimum absolute atomic E-state index is 0.0404. The normalized spacial score (nSPS) is 21.2. The fourth-order valence-electron chi connectivity index (χ4n) is 3.82. The number of halogens is 1. The van der Waals surface area contributed by atoms with E-state index in [0.717, 1.165) is 24.0 Å². The van der Waals surface area contributed by atoms with Crippen LogP contribution in [0.5, 0.6) is 0 Å². The maximum Gasteiger partial charge on any atom is 0.326 e. The van der Waals surface area contributed by atoms with E-state index >= 15 is 0 Å². The number of carboxylic acid groups (broad SMARTS) is 1. The van der Waals surface area contributed by atoms with Crippen molar-refractivity contribution in [2.75, 3.05) is 0 Å². The van der Waals surface area contributed by atoms with Crippen LogP contribution in [-0.2, 0) is 10.7 Å². The van der Waals surface area contributed by atoms with Crippen LogP contribution in [0.15, 0.2) is 40.2 Å². The number of hydrogen-bond acceptors (Lipinski definition) is 5. The quantitative estimate of drug-likeness (QED) is 0.441. The second-order valence-corrected chi connectivity index (χ2v) is 8.48. The molecule has 0 radical (unpaired) electrons. The van der Waals surface area contributed by atoms with Crippen molar-refractivity contribution in [3.8, 4) is 0 Å². The average Bonchev–Trinajstić information content (AvgIpc) is 3.51. The van der Waals surface area contributed by atoms with Crippen LogP contribution in [-0.4, -0.2) is 20.6 Å². The lowest BCUT2D eigenvalue weighted by molar-refractivity contribution is -0.385. The Morgan fingerprint density at radius 1 is 1.36 bits per heavy atom. The molecule has 1 aliphatic carbocycles. The van der Waals surface area contributed by atoms with E-state index in [0.29, 0.717) is 10.6 Å². The number of carbonyl (C=O) groups is 1. The van der Waals surface area contributed by atoms with Gasteiger partial charge in [-0.2, -0.15) is 0 Å².